The summed E-state index contributed by atoms with van der Waals surface area (Å²) in [7, 11) is 0. The highest BCUT2D eigenvalue weighted by atomic mass is 16.5. The number of carbonyl (C=O) groups is 1. The number of amides is 1. The molecule has 1 atom stereocenters. The van der Waals surface area contributed by atoms with Crippen molar-refractivity contribution in [1.29, 1.82) is 0 Å². The topological polar surface area (TPSA) is 68.2 Å². The van der Waals surface area contributed by atoms with E-state index in [4.69, 9.17) is 4.74 Å². The molecule has 6 heteroatoms. The molecule has 2 fully saturated rings. The number of hydrogen-bond donors (Lipinski definition) is 2. The fourth-order valence-electron chi connectivity index (χ4n) is 2.76. The van der Waals surface area contributed by atoms with Crippen LogP contribution in [0, 0.1) is 0 Å². The van der Waals surface area contributed by atoms with Gasteiger partial charge in [0.05, 0.1) is 13.2 Å². The standard InChI is InChI=1S/C15H24N4O2/c20-15(10-13-11-21-9-7-16-13)17-5-1-8-19-14(4-6-18-19)12-2-3-12/h4,6,12-13,16H,1-3,5,7-11H2,(H,17,20). The van der Waals surface area contributed by atoms with Crippen molar-refractivity contribution >= 4 is 5.91 Å². The number of nitrogens with one attached hydrogen (secondary N) is 2. The maximum atomic E-state index is 11.8. The van der Waals surface area contributed by atoms with Crippen molar-refractivity contribution in [3.63, 3.8) is 0 Å². The summed E-state index contributed by atoms with van der Waals surface area (Å²) >= 11 is 0. The molecule has 1 aromatic rings. The molecule has 2 aliphatic rings. The molecule has 0 radical (unpaired) electrons. The summed E-state index contributed by atoms with van der Waals surface area (Å²) in [4.78, 5) is 11.8. The lowest BCUT2D eigenvalue weighted by atomic mass is 10.2. The molecule has 1 aliphatic heterocycles. The monoisotopic (exact) mass is 292 g/mol. The number of aryl methyl sites for hydroxylation is 1. The maximum absolute atomic E-state index is 11.8. The number of hydrogen-bond acceptors (Lipinski definition) is 4. The third-order valence-electron chi connectivity index (χ3n) is 4.04. The van der Waals surface area contributed by atoms with Gasteiger partial charge < -0.3 is 15.4 Å². The highest BCUT2D eigenvalue weighted by Gasteiger charge is 2.26. The maximum Gasteiger partial charge on any atom is 0.221 e. The Morgan fingerprint density at radius 3 is 3.19 bits per heavy atom. The zero-order chi connectivity index (χ0) is 14.5. The minimum atomic E-state index is 0.0980. The van der Waals surface area contributed by atoms with Crippen LogP contribution >= 0.6 is 0 Å². The fourth-order valence-corrected chi connectivity index (χ4v) is 2.76. The summed E-state index contributed by atoms with van der Waals surface area (Å²) in [5.41, 5.74) is 1.35. The van der Waals surface area contributed by atoms with Crippen LogP contribution in [0.2, 0.25) is 0 Å². The molecular formula is C15H24N4O2. The average Bonchev–Trinajstić information content (AvgIpc) is 3.24. The molecule has 21 heavy (non-hydrogen) atoms. The predicted octanol–water partition coefficient (Wildman–Crippen LogP) is 0.645. The minimum absolute atomic E-state index is 0.0980. The van der Waals surface area contributed by atoms with Gasteiger partial charge in [0, 0.05) is 49.9 Å². The van der Waals surface area contributed by atoms with Crippen molar-refractivity contribution in [3.05, 3.63) is 18.0 Å². The van der Waals surface area contributed by atoms with Gasteiger partial charge in [-0.25, -0.2) is 0 Å². The van der Waals surface area contributed by atoms with E-state index in [0.717, 1.165) is 32.0 Å². The zero-order valence-electron chi connectivity index (χ0n) is 12.4. The number of rotatable bonds is 7. The van der Waals surface area contributed by atoms with Crippen LogP contribution in [-0.2, 0) is 16.1 Å². The van der Waals surface area contributed by atoms with E-state index in [0.29, 0.717) is 19.6 Å². The third-order valence-corrected chi connectivity index (χ3v) is 4.04. The molecular weight excluding hydrogens is 268 g/mol. The van der Waals surface area contributed by atoms with Crippen LogP contribution in [-0.4, -0.2) is 48.0 Å². The normalized spacial score (nSPS) is 22.2. The highest BCUT2D eigenvalue weighted by Crippen LogP contribution is 2.39. The minimum Gasteiger partial charge on any atom is -0.378 e. The van der Waals surface area contributed by atoms with Gasteiger partial charge in [-0.15, -0.1) is 0 Å². The Morgan fingerprint density at radius 1 is 1.52 bits per heavy atom. The molecule has 1 aliphatic carbocycles. The van der Waals surface area contributed by atoms with Crippen molar-refractivity contribution in [2.45, 2.75) is 44.2 Å². The first-order chi connectivity index (χ1) is 10.3. The van der Waals surface area contributed by atoms with Crippen LogP contribution in [0.1, 0.15) is 37.3 Å². The van der Waals surface area contributed by atoms with Gasteiger partial charge in [0.2, 0.25) is 5.91 Å². The fraction of sp³-hybridized carbons (Fsp3) is 0.733. The van der Waals surface area contributed by atoms with Crippen LogP contribution < -0.4 is 10.6 Å². The molecule has 0 bridgehead atoms. The van der Waals surface area contributed by atoms with E-state index in [1.165, 1.54) is 18.5 Å². The van der Waals surface area contributed by atoms with E-state index in [-0.39, 0.29) is 11.9 Å². The average molecular weight is 292 g/mol. The Hall–Kier alpha value is -1.40. The number of aromatic nitrogens is 2. The van der Waals surface area contributed by atoms with Crippen LogP contribution in [0.5, 0.6) is 0 Å². The van der Waals surface area contributed by atoms with E-state index < -0.39 is 0 Å². The Bertz CT molecular complexity index is 464. The van der Waals surface area contributed by atoms with Gasteiger partial charge in [0.15, 0.2) is 0 Å². The second-order valence-electron chi connectivity index (χ2n) is 5.89. The molecule has 116 valence electrons. The van der Waals surface area contributed by atoms with Crippen molar-refractivity contribution in [2.24, 2.45) is 0 Å². The van der Waals surface area contributed by atoms with Crippen LogP contribution in [0.15, 0.2) is 12.3 Å². The molecule has 0 spiro atoms. The van der Waals surface area contributed by atoms with E-state index in [1.807, 2.05) is 6.20 Å². The smallest absolute Gasteiger partial charge is 0.221 e. The summed E-state index contributed by atoms with van der Waals surface area (Å²) in [6.07, 6.45) is 5.87. The van der Waals surface area contributed by atoms with Crippen molar-refractivity contribution < 1.29 is 9.53 Å². The Kier molecular flexibility index (Phi) is 4.87. The molecule has 2 N–H and O–H groups in total. The van der Waals surface area contributed by atoms with E-state index in [2.05, 4.69) is 26.5 Å². The predicted molar refractivity (Wildman–Crippen MR) is 79.1 cm³/mol. The number of carbonyl (C=O) groups excluding carboxylic acids is 1. The van der Waals surface area contributed by atoms with Crippen LogP contribution in [0.4, 0.5) is 0 Å². The number of nitrogens with zero attached hydrogens (tertiary/aromatic N) is 2. The molecule has 1 amide bonds. The lowest BCUT2D eigenvalue weighted by Gasteiger charge is -2.23. The van der Waals surface area contributed by atoms with Gasteiger partial charge in [-0.05, 0) is 25.3 Å². The molecule has 2 heterocycles. The number of morpholine rings is 1. The Labute approximate surface area is 125 Å². The lowest BCUT2D eigenvalue weighted by Crippen LogP contribution is -2.44. The second kappa shape index (κ2) is 7.04. The molecule has 1 saturated heterocycles. The SMILES string of the molecule is O=C(CC1COCCN1)NCCCn1nccc1C1CC1. The molecule has 1 unspecified atom stereocenters. The second-order valence-corrected chi connectivity index (χ2v) is 5.89. The highest BCUT2D eigenvalue weighted by molar-refractivity contribution is 5.76. The summed E-state index contributed by atoms with van der Waals surface area (Å²) in [5.74, 6) is 0.820. The van der Waals surface area contributed by atoms with Gasteiger partial charge in [-0.3, -0.25) is 9.48 Å². The molecule has 3 rings (SSSR count). The Balaban J connectivity index is 1.32. The Morgan fingerprint density at radius 2 is 2.43 bits per heavy atom. The molecule has 1 aromatic heterocycles. The van der Waals surface area contributed by atoms with E-state index >= 15 is 0 Å². The van der Waals surface area contributed by atoms with Crippen LogP contribution in [0.3, 0.4) is 0 Å². The molecule has 6 nitrogen and oxygen atoms in total. The summed E-state index contributed by atoms with van der Waals surface area (Å²) in [6.45, 7) is 3.79. The van der Waals surface area contributed by atoms with Crippen LogP contribution in [0.25, 0.3) is 0 Å². The first-order valence-corrected chi connectivity index (χ1v) is 7.92. The first-order valence-electron chi connectivity index (χ1n) is 7.92. The lowest BCUT2D eigenvalue weighted by molar-refractivity contribution is -0.122. The molecule has 0 aromatic carbocycles. The van der Waals surface area contributed by atoms with Gasteiger partial charge in [-0.1, -0.05) is 0 Å². The van der Waals surface area contributed by atoms with E-state index in [9.17, 15) is 4.79 Å². The van der Waals surface area contributed by atoms with Gasteiger partial charge in [0.1, 0.15) is 0 Å². The van der Waals surface area contributed by atoms with Gasteiger partial charge in [0.25, 0.3) is 0 Å². The van der Waals surface area contributed by atoms with Gasteiger partial charge in [-0.2, -0.15) is 5.10 Å². The molecule has 1 saturated carbocycles. The van der Waals surface area contributed by atoms with Crippen molar-refractivity contribution in [2.75, 3.05) is 26.3 Å². The van der Waals surface area contributed by atoms with E-state index in [1.54, 1.807) is 0 Å². The first kappa shape index (κ1) is 14.5. The quantitative estimate of drug-likeness (QED) is 0.724. The van der Waals surface area contributed by atoms with Gasteiger partial charge >= 0.3 is 0 Å². The largest absolute Gasteiger partial charge is 0.378 e. The third kappa shape index (κ3) is 4.28. The number of ether oxygens (including phenoxy) is 1. The van der Waals surface area contributed by atoms with Crippen molar-refractivity contribution in [1.82, 2.24) is 20.4 Å². The zero-order valence-corrected chi connectivity index (χ0v) is 12.4. The summed E-state index contributed by atoms with van der Waals surface area (Å²) in [5, 5.41) is 10.6. The van der Waals surface area contributed by atoms with Crippen molar-refractivity contribution in [3.8, 4) is 0 Å². The summed E-state index contributed by atoms with van der Waals surface area (Å²) in [6, 6.07) is 2.27. The summed E-state index contributed by atoms with van der Waals surface area (Å²) < 4.78 is 7.43.